The van der Waals surface area contributed by atoms with Crippen LogP contribution in [-0.4, -0.2) is 31.5 Å². The van der Waals surface area contributed by atoms with Crippen molar-refractivity contribution in [2.24, 2.45) is 0 Å². The summed E-state index contributed by atoms with van der Waals surface area (Å²) in [6, 6.07) is 11.3. The zero-order valence-corrected chi connectivity index (χ0v) is 15.7. The molecule has 6 nitrogen and oxygen atoms in total. The minimum atomic E-state index is -3.55. The topological polar surface area (TPSA) is 75.2 Å². The van der Waals surface area contributed by atoms with Gasteiger partial charge in [-0.2, -0.15) is 0 Å². The van der Waals surface area contributed by atoms with Crippen molar-refractivity contribution < 1.29 is 8.42 Å². The second-order valence-electron chi connectivity index (χ2n) is 6.41. The average molecular weight is 372 g/mol. The molecular weight excluding hydrogens is 348 g/mol. The molecule has 3 rings (SSSR count). The number of nitrogens with zero attached hydrogens (tertiary/aromatic N) is 3. The number of rotatable bonds is 6. The normalized spacial score (nSPS) is 15.5. The zero-order chi connectivity index (χ0) is 18.4. The van der Waals surface area contributed by atoms with Gasteiger partial charge in [0, 0.05) is 30.3 Å². The van der Waals surface area contributed by atoms with Gasteiger partial charge in [-0.15, -0.1) is 0 Å². The molecule has 2 aromatic rings. The summed E-state index contributed by atoms with van der Waals surface area (Å²) in [5.74, 6) is 1.37. The van der Waals surface area contributed by atoms with Crippen molar-refractivity contribution in [3.8, 4) is 0 Å². The van der Waals surface area contributed by atoms with Crippen LogP contribution in [0.5, 0.6) is 0 Å². The number of aromatic nitrogens is 2. The standard InChI is InChI=1S/C19H24N4O2S/c1-16-14-19(23-11-6-3-7-12-23)22-18(21-16)15-20-26(24,25)13-10-17-8-4-2-5-9-17/h2,4-5,8-10,13-14,20H,3,6-7,11-12,15H2,1H3/b13-10+. The molecule has 1 N–H and O–H groups in total. The van der Waals surface area contributed by atoms with Crippen molar-refractivity contribution in [2.45, 2.75) is 32.7 Å². The summed E-state index contributed by atoms with van der Waals surface area (Å²) in [6.45, 7) is 3.95. The fraction of sp³-hybridized carbons (Fsp3) is 0.368. The van der Waals surface area contributed by atoms with Crippen molar-refractivity contribution in [3.05, 3.63) is 58.9 Å². The third-order valence-electron chi connectivity index (χ3n) is 4.24. The lowest BCUT2D eigenvalue weighted by Gasteiger charge is -2.28. The first kappa shape index (κ1) is 18.5. The summed E-state index contributed by atoms with van der Waals surface area (Å²) in [4.78, 5) is 11.1. The van der Waals surface area contributed by atoms with E-state index < -0.39 is 10.0 Å². The van der Waals surface area contributed by atoms with Gasteiger partial charge >= 0.3 is 0 Å². The van der Waals surface area contributed by atoms with Gasteiger partial charge < -0.3 is 4.90 Å². The Balaban J connectivity index is 1.66. The summed E-state index contributed by atoms with van der Waals surface area (Å²) < 4.78 is 26.9. The molecule has 138 valence electrons. The van der Waals surface area contributed by atoms with Gasteiger partial charge in [-0.05, 0) is 37.8 Å². The SMILES string of the molecule is Cc1cc(N2CCCCC2)nc(CNS(=O)(=O)/C=C/c2ccccc2)n1. The van der Waals surface area contributed by atoms with Crippen LogP contribution in [-0.2, 0) is 16.6 Å². The highest BCUT2D eigenvalue weighted by Gasteiger charge is 2.14. The number of aryl methyl sites for hydroxylation is 1. The van der Waals surface area contributed by atoms with Crippen molar-refractivity contribution in [2.75, 3.05) is 18.0 Å². The molecule has 1 aromatic carbocycles. The van der Waals surface area contributed by atoms with Crippen LogP contribution in [0.15, 0.2) is 41.8 Å². The largest absolute Gasteiger partial charge is 0.357 e. The monoisotopic (exact) mass is 372 g/mol. The number of benzene rings is 1. The van der Waals surface area contributed by atoms with Gasteiger partial charge in [-0.1, -0.05) is 30.3 Å². The highest BCUT2D eigenvalue weighted by molar-refractivity contribution is 7.92. The van der Waals surface area contributed by atoms with Gasteiger partial charge in [0.05, 0.1) is 6.54 Å². The lowest BCUT2D eigenvalue weighted by atomic mass is 10.1. The molecule has 1 aromatic heterocycles. The van der Waals surface area contributed by atoms with Crippen LogP contribution in [0.2, 0.25) is 0 Å². The lowest BCUT2D eigenvalue weighted by molar-refractivity contribution is 0.570. The Hall–Kier alpha value is -2.25. The smallest absolute Gasteiger partial charge is 0.234 e. The molecule has 0 aliphatic carbocycles. The third-order valence-corrected chi connectivity index (χ3v) is 5.28. The molecule has 1 aliphatic rings. The van der Waals surface area contributed by atoms with E-state index in [0.717, 1.165) is 43.0 Å². The van der Waals surface area contributed by atoms with Gasteiger partial charge in [0.15, 0.2) is 0 Å². The zero-order valence-electron chi connectivity index (χ0n) is 14.9. The summed E-state index contributed by atoms with van der Waals surface area (Å²) in [5.41, 5.74) is 1.67. The highest BCUT2D eigenvalue weighted by Crippen LogP contribution is 2.18. The maximum atomic E-state index is 12.2. The minimum Gasteiger partial charge on any atom is -0.357 e. The van der Waals surface area contributed by atoms with Crippen LogP contribution in [0, 0.1) is 6.92 Å². The summed E-state index contributed by atoms with van der Waals surface area (Å²) in [7, 11) is -3.55. The summed E-state index contributed by atoms with van der Waals surface area (Å²) in [5, 5.41) is 1.17. The Kier molecular flexibility index (Phi) is 6.00. The molecule has 1 fully saturated rings. The molecule has 7 heteroatoms. The van der Waals surface area contributed by atoms with Gasteiger partial charge in [0.1, 0.15) is 11.6 Å². The van der Waals surface area contributed by atoms with E-state index >= 15 is 0 Å². The maximum Gasteiger partial charge on any atom is 0.234 e. The fourth-order valence-corrected chi connectivity index (χ4v) is 3.68. The first-order chi connectivity index (χ1) is 12.5. The number of sulfonamides is 1. The predicted molar refractivity (Wildman–Crippen MR) is 104 cm³/mol. The number of anilines is 1. The molecule has 0 unspecified atom stereocenters. The average Bonchev–Trinajstić information content (AvgIpc) is 2.66. The number of hydrogen-bond donors (Lipinski definition) is 1. The molecule has 0 spiro atoms. The van der Waals surface area contributed by atoms with E-state index in [1.54, 1.807) is 6.08 Å². The lowest BCUT2D eigenvalue weighted by Crippen LogP contribution is -2.31. The molecule has 26 heavy (non-hydrogen) atoms. The molecule has 0 bridgehead atoms. The van der Waals surface area contributed by atoms with E-state index in [2.05, 4.69) is 19.6 Å². The minimum absolute atomic E-state index is 0.0734. The van der Waals surface area contributed by atoms with Crippen LogP contribution in [0.1, 0.15) is 36.3 Å². The number of nitrogens with one attached hydrogen (secondary N) is 1. The fourth-order valence-electron chi connectivity index (χ4n) is 2.92. The number of hydrogen-bond acceptors (Lipinski definition) is 5. The van der Waals surface area contributed by atoms with E-state index in [-0.39, 0.29) is 6.54 Å². The van der Waals surface area contributed by atoms with Crippen molar-refractivity contribution in [3.63, 3.8) is 0 Å². The van der Waals surface area contributed by atoms with E-state index in [1.165, 1.54) is 11.8 Å². The van der Waals surface area contributed by atoms with E-state index in [1.807, 2.05) is 43.3 Å². The summed E-state index contributed by atoms with van der Waals surface area (Å²) in [6.07, 6.45) is 5.14. The van der Waals surface area contributed by atoms with Gasteiger partial charge in [-0.25, -0.2) is 23.1 Å². The van der Waals surface area contributed by atoms with Gasteiger partial charge in [0.2, 0.25) is 10.0 Å². The van der Waals surface area contributed by atoms with Crippen molar-refractivity contribution in [1.29, 1.82) is 0 Å². The van der Waals surface area contributed by atoms with Crippen molar-refractivity contribution in [1.82, 2.24) is 14.7 Å². The quantitative estimate of drug-likeness (QED) is 0.844. The number of piperidine rings is 1. The Morgan fingerprint density at radius 3 is 2.58 bits per heavy atom. The Labute approximate surface area is 155 Å². The Morgan fingerprint density at radius 1 is 1.12 bits per heavy atom. The molecular formula is C19H24N4O2S. The molecule has 0 amide bonds. The van der Waals surface area contributed by atoms with Crippen LogP contribution in [0.3, 0.4) is 0 Å². The van der Waals surface area contributed by atoms with Gasteiger partial charge in [0.25, 0.3) is 0 Å². The third kappa shape index (κ3) is 5.37. The second kappa shape index (κ2) is 8.42. The van der Waals surface area contributed by atoms with E-state index in [0.29, 0.717) is 5.82 Å². The maximum absolute atomic E-state index is 12.2. The van der Waals surface area contributed by atoms with Crippen LogP contribution < -0.4 is 9.62 Å². The second-order valence-corrected chi connectivity index (χ2v) is 8.06. The predicted octanol–water partition coefficient (Wildman–Crippen LogP) is 2.87. The Bertz CT molecular complexity index is 860. The molecule has 1 saturated heterocycles. The van der Waals surface area contributed by atoms with Crippen LogP contribution in [0.25, 0.3) is 6.08 Å². The van der Waals surface area contributed by atoms with Crippen LogP contribution >= 0.6 is 0 Å². The summed E-state index contributed by atoms with van der Waals surface area (Å²) >= 11 is 0. The first-order valence-electron chi connectivity index (χ1n) is 8.84. The molecule has 0 saturated carbocycles. The van der Waals surface area contributed by atoms with E-state index in [9.17, 15) is 8.42 Å². The molecule has 1 aliphatic heterocycles. The molecule has 0 atom stereocenters. The Morgan fingerprint density at radius 2 is 1.85 bits per heavy atom. The molecule has 2 heterocycles. The van der Waals surface area contributed by atoms with Gasteiger partial charge in [-0.3, -0.25) is 0 Å². The molecule has 0 radical (unpaired) electrons. The van der Waals surface area contributed by atoms with Crippen molar-refractivity contribution >= 4 is 21.9 Å². The highest BCUT2D eigenvalue weighted by atomic mass is 32.2. The first-order valence-corrected chi connectivity index (χ1v) is 10.4. The van der Waals surface area contributed by atoms with E-state index in [4.69, 9.17) is 0 Å². The van der Waals surface area contributed by atoms with Crippen LogP contribution in [0.4, 0.5) is 5.82 Å².